The Morgan fingerprint density at radius 2 is 1.86 bits per heavy atom. The zero-order chi connectivity index (χ0) is 20.0. The van der Waals surface area contributed by atoms with Crippen molar-refractivity contribution in [1.82, 2.24) is 14.9 Å². The summed E-state index contributed by atoms with van der Waals surface area (Å²) >= 11 is 1.57. The molecule has 0 fully saturated rings. The van der Waals surface area contributed by atoms with Gasteiger partial charge in [-0.3, -0.25) is 0 Å². The summed E-state index contributed by atoms with van der Waals surface area (Å²) in [6, 6.07) is 11.8. The minimum atomic E-state index is -3.71. The maximum absolute atomic E-state index is 12.4. The maximum Gasteiger partial charge on any atom is 0.240 e. The molecule has 2 heterocycles. The minimum Gasteiger partial charge on any atom is -0.493 e. The molecule has 28 heavy (non-hydrogen) atoms. The van der Waals surface area contributed by atoms with Crippen molar-refractivity contribution >= 4 is 21.4 Å². The molecule has 0 amide bonds. The van der Waals surface area contributed by atoms with Crippen molar-refractivity contribution in [3.05, 3.63) is 47.8 Å². The molecular weight excluding hydrogens is 402 g/mol. The molecule has 0 bridgehead atoms. The van der Waals surface area contributed by atoms with Gasteiger partial charge in [-0.15, -0.1) is 21.5 Å². The lowest BCUT2D eigenvalue weighted by molar-refractivity contribution is 0.307. The molecule has 1 N–H and O–H groups in total. The molecule has 0 atom stereocenters. The Labute approximate surface area is 167 Å². The van der Waals surface area contributed by atoms with Gasteiger partial charge in [0, 0.05) is 18.7 Å². The largest absolute Gasteiger partial charge is 0.493 e. The fourth-order valence-corrected chi connectivity index (χ4v) is 4.07. The normalized spacial score (nSPS) is 11.2. The van der Waals surface area contributed by atoms with E-state index in [0.29, 0.717) is 17.4 Å². The Kier molecular flexibility index (Phi) is 6.45. The Bertz CT molecular complexity index is 1010. The number of ether oxygens (including phenoxy) is 3. The number of hydrogen-bond acceptors (Lipinski definition) is 8. The molecule has 148 valence electrons. The van der Waals surface area contributed by atoms with Crippen molar-refractivity contribution in [2.45, 2.75) is 4.90 Å². The van der Waals surface area contributed by atoms with Crippen LogP contribution in [-0.4, -0.2) is 46.0 Å². The second kappa shape index (κ2) is 9.00. The van der Waals surface area contributed by atoms with E-state index in [-0.39, 0.29) is 18.0 Å². The number of nitrogens with zero attached hydrogens (tertiary/aromatic N) is 2. The highest BCUT2D eigenvalue weighted by molar-refractivity contribution is 7.89. The lowest BCUT2D eigenvalue weighted by atomic mass is 10.3. The molecule has 0 saturated carbocycles. The number of thiophene rings is 1. The van der Waals surface area contributed by atoms with Crippen LogP contribution >= 0.6 is 11.3 Å². The van der Waals surface area contributed by atoms with Gasteiger partial charge in [-0.25, -0.2) is 13.1 Å². The van der Waals surface area contributed by atoms with Gasteiger partial charge in [0.1, 0.15) is 12.3 Å². The average molecular weight is 422 g/mol. The fourth-order valence-electron chi connectivity index (χ4n) is 2.35. The molecule has 8 nitrogen and oxygen atoms in total. The summed E-state index contributed by atoms with van der Waals surface area (Å²) < 4.78 is 43.0. The van der Waals surface area contributed by atoms with Crippen molar-refractivity contribution in [3.8, 4) is 28.0 Å². The number of nitrogens with one attached hydrogen (secondary N) is 1. The summed E-state index contributed by atoms with van der Waals surface area (Å²) in [5, 5.41) is 10.1. The van der Waals surface area contributed by atoms with Crippen LogP contribution < -0.4 is 18.9 Å². The number of benzene rings is 1. The lowest BCUT2D eigenvalue weighted by Gasteiger charge is -2.11. The molecule has 0 unspecified atom stereocenters. The van der Waals surface area contributed by atoms with Gasteiger partial charge >= 0.3 is 0 Å². The Balaban J connectivity index is 1.54. The first-order valence-corrected chi connectivity index (χ1v) is 10.6. The van der Waals surface area contributed by atoms with Gasteiger partial charge in [0.15, 0.2) is 11.5 Å². The van der Waals surface area contributed by atoms with Gasteiger partial charge in [0.05, 0.1) is 24.0 Å². The smallest absolute Gasteiger partial charge is 0.240 e. The Morgan fingerprint density at radius 1 is 1.04 bits per heavy atom. The zero-order valence-corrected chi connectivity index (χ0v) is 16.9. The van der Waals surface area contributed by atoms with Crippen molar-refractivity contribution in [1.29, 1.82) is 0 Å². The van der Waals surface area contributed by atoms with Crippen LogP contribution in [0.25, 0.3) is 10.6 Å². The fraction of sp³-hybridized carbons (Fsp3) is 0.222. The van der Waals surface area contributed by atoms with Crippen LogP contribution in [0.5, 0.6) is 17.4 Å². The zero-order valence-electron chi connectivity index (χ0n) is 15.3. The second-order valence-corrected chi connectivity index (χ2v) is 8.21. The standard InChI is InChI=1S/C18H19N3O5S2/c1-24-15-7-5-13(12-16(15)25-2)28(22,23)19-9-10-26-18-8-6-14(20-21-18)17-4-3-11-27-17/h3-8,11-12,19H,9-10H2,1-2H3. The maximum atomic E-state index is 12.4. The van der Waals surface area contributed by atoms with E-state index in [9.17, 15) is 8.42 Å². The summed E-state index contributed by atoms with van der Waals surface area (Å²) in [6.45, 7) is 0.185. The summed E-state index contributed by atoms with van der Waals surface area (Å²) in [6.07, 6.45) is 0. The molecule has 10 heteroatoms. The van der Waals surface area contributed by atoms with E-state index in [1.54, 1.807) is 17.4 Å². The van der Waals surface area contributed by atoms with E-state index in [1.165, 1.54) is 32.4 Å². The third-order valence-corrected chi connectivity index (χ3v) is 6.07. The third kappa shape index (κ3) is 4.77. The van der Waals surface area contributed by atoms with Crippen LogP contribution in [0.3, 0.4) is 0 Å². The highest BCUT2D eigenvalue weighted by atomic mass is 32.2. The molecule has 0 aliphatic heterocycles. The molecule has 0 aliphatic rings. The highest BCUT2D eigenvalue weighted by Crippen LogP contribution is 2.29. The third-order valence-electron chi connectivity index (χ3n) is 3.72. The molecule has 0 aliphatic carbocycles. The molecule has 1 aromatic carbocycles. The van der Waals surface area contributed by atoms with E-state index < -0.39 is 10.0 Å². The van der Waals surface area contributed by atoms with E-state index in [0.717, 1.165) is 10.6 Å². The van der Waals surface area contributed by atoms with Crippen LogP contribution in [0, 0.1) is 0 Å². The molecule has 0 radical (unpaired) electrons. The molecule has 3 rings (SSSR count). The number of rotatable bonds is 9. The van der Waals surface area contributed by atoms with Gasteiger partial charge in [0.2, 0.25) is 15.9 Å². The number of hydrogen-bond donors (Lipinski definition) is 1. The van der Waals surface area contributed by atoms with Gasteiger partial charge in [0.25, 0.3) is 0 Å². The molecule has 3 aromatic rings. The number of sulfonamides is 1. The highest BCUT2D eigenvalue weighted by Gasteiger charge is 2.16. The SMILES string of the molecule is COc1ccc(S(=O)(=O)NCCOc2ccc(-c3cccs3)nn2)cc1OC. The van der Waals surface area contributed by atoms with Crippen LogP contribution in [0.15, 0.2) is 52.7 Å². The van der Waals surface area contributed by atoms with Crippen LogP contribution in [0.4, 0.5) is 0 Å². The Morgan fingerprint density at radius 3 is 2.50 bits per heavy atom. The van der Waals surface area contributed by atoms with Crippen LogP contribution in [0.2, 0.25) is 0 Å². The molecular formula is C18H19N3O5S2. The van der Waals surface area contributed by atoms with Crippen LogP contribution in [-0.2, 0) is 10.0 Å². The van der Waals surface area contributed by atoms with E-state index in [2.05, 4.69) is 14.9 Å². The molecule has 0 spiro atoms. The van der Waals surface area contributed by atoms with Gasteiger partial charge in [-0.1, -0.05) is 6.07 Å². The number of aromatic nitrogens is 2. The lowest BCUT2D eigenvalue weighted by Crippen LogP contribution is -2.28. The number of methoxy groups -OCH3 is 2. The average Bonchev–Trinajstić information content (AvgIpc) is 3.26. The summed E-state index contributed by atoms with van der Waals surface area (Å²) in [5.41, 5.74) is 0.761. The first-order valence-electron chi connectivity index (χ1n) is 8.25. The van der Waals surface area contributed by atoms with Crippen molar-refractivity contribution < 1.29 is 22.6 Å². The summed E-state index contributed by atoms with van der Waals surface area (Å²) in [7, 11) is -0.781. The predicted molar refractivity (Wildman–Crippen MR) is 106 cm³/mol. The monoisotopic (exact) mass is 421 g/mol. The van der Waals surface area contributed by atoms with Crippen LogP contribution in [0.1, 0.15) is 0 Å². The van der Waals surface area contributed by atoms with Gasteiger partial charge in [-0.2, -0.15) is 0 Å². The summed E-state index contributed by atoms with van der Waals surface area (Å²) in [5.74, 6) is 1.11. The van der Waals surface area contributed by atoms with Gasteiger partial charge < -0.3 is 14.2 Å². The Hall–Kier alpha value is -2.69. The van der Waals surface area contributed by atoms with Crippen molar-refractivity contribution in [2.24, 2.45) is 0 Å². The first-order chi connectivity index (χ1) is 13.5. The van der Waals surface area contributed by atoms with E-state index >= 15 is 0 Å². The molecule has 2 aromatic heterocycles. The quantitative estimate of drug-likeness (QED) is 0.530. The second-order valence-electron chi connectivity index (χ2n) is 5.50. The van der Waals surface area contributed by atoms with E-state index in [1.807, 2.05) is 23.6 Å². The summed E-state index contributed by atoms with van der Waals surface area (Å²) in [4.78, 5) is 1.09. The minimum absolute atomic E-state index is 0.0743. The van der Waals surface area contributed by atoms with Crippen molar-refractivity contribution in [2.75, 3.05) is 27.4 Å². The topological polar surface area (TPSA) is 99.6 Å². The predicted octanol–water partition coefficient (Wildman–Crippen LogP) is 2.58. The molecule has 0 saturated heterocycles. The van der Waals surface area contributed by atoms with Crippen molar-refractivity contribution in [3.63, 3.8) is 0 Å². The van der Waals surface area contributed by atoms with Gasteiger partial charge in [-0.05, 0) is 29.6 Å². The van der Waals surface area contributed by atoms with E-state index in [4.69, 9.17) is 14.2 Å². The first kappa shape index (κ1) is 20.1.